The lowest BCUT2D eigenvalue weighted by Gasteiger charge is -2.36. The van der Waals surface area contributed by atoms with Crippen LogP contribution in [0.25, 0.3) is 0 Å². The van der Waals surface area contributed by atoms with E-state index in [0.717, 1.165) is 12.1 Å². The van der Waals surface area contributed by atoms with Crippen molar-refractivity contribution in [2.45, 2.75) is 32.2 Å². The summed E-state index contributed by atoms with van der Waals surface area (Å²) < 4.78 is 23.7. The van der Waals surface area contributed by atoms with Gasteiger partial charge >= 0.3 is 5.97 Å². The largest absolute Gasteiger partial charge is 0.480 e. The second-order valence-corrected chi connectivity index (χ2v) is 8.55. The standard InChI is InChI=1S/C17H25NO4S/c1-14(16-8-3-2-4-9-16)18(12-15-6-5-7-15)10-11-23(21,22)13-17(19)20/h2-4,8-9,14-15H,5-7,10-13H2,1H3,(H,19,20). The molecule has 0 spiro atoms. The Kier molecular flexibility index (Phi) is 6.18. The van der Waals surface area contributed by atoms with E-state index in [1.165, 1.54) is 19.3 Å². The van der Waals surface area contributed by atoms with Gasteiger partial charge in [-0.2, -0.15) is 0 Å². The number of aliphatic carboxylic acids is 1. The Morgan fingerprint density at radius 1 is 1.30 bits per heavy atom. The molecule has 1 fully saturated rings. The maximum absolute atomic E-state index is 11.9. The molecule has 0 bridgehead atoms. The monoisotopic (exact) mass is 339 g/mol. The highest BCUT2D eigenvalue weighted by atomic mass is 32.2. The van der Waals surface area contributed by atoms with Gasteiger partial charge in [0.25, 0.3) is 0 Å². The van der Waals surface area contributed by atoms with E-state index in [1.807, 2.05) is 30.3 Å². The van der Waals surface area contributed by atoms with E-state index in [-0.39, 0.29) is 11.8 Å². The fourth-order valence-corrected chi connectivity index (χ4v) is 3.94. The Hall–Kier alpha value is -1.40. The van der Waals surface area contributed by atoms with Gasteiger partial charge in [0.05, 0.1) is 5.75 Å². The zero-order valence-corrected chi connectivity index (χ0v) is 14.3. The Balaban J connectivity index is 2.03. The maximum atomic E-state index is 11.9. The lowest BCUT2D eigenvalue weighted by atomic mass is 9.84. The predicted octanol–water partition coefficient (Wildman–Crippen LogP) is 2.35. The summed E-state index contributed by atoms with van der Waals surface area (Å²) in [6.07, 6.45) is 3.63. The lowest BCUT2D eigenvalue weighted by Crippen LogP contribution is -2.38. The van der Waals surface area contributed by atoms with Crippen LogP contribution in [0.3, 0.4) is 0 Å². The number of nitrogens with zero attached hydrogens (tertiary/aromatic N) is 1. The molecule has 1 atom stereocenters. The fourth-order valence-electron chi connectivity index (χ4n) is 2.91. The van der Waals surface area contributed by atoms with E-state index in [2.05, 4.69) is 11.8 Å². The molecule has 0 aliphatic heterocycles. The lowest BCUT2D eigenvalue weighted by molar-refractivity contribution is -0.134. The first kappa shape index (κ1) is 17.9. The third-order valence-electron chi connectivity index (χ3n) is 4.58. The van der Waals surface area contributed by atoms with Gasteiger partial charge in [-0.1, -0.05) is 36.8 Å². The smallest absolute Gasteiger partial charge is 0.318 e. The van der Waals surface area contributed by atoms with Crippen molar-refractivity contribution < 1.29 is 18.3 Å². The molecule has 6 heteroatoms. The van der Waals surface area contributed by atoms with Gasteiger partial charge in [-0.15, -0.1) is 0 Å². The molecule has 0 aromatic heterocycles. The molecule has 1 aliphatic carbocycles. The highest BCUT2D eigenvalue weighted by molar-refractivity contribution is 7.92. The normalized spacial score (nSPS) is 17.0. The second-order valence-electron chi connectivity index (χ2n) is 6.36. The molecule has 0 amide bonds. The third-order valence-corrected chi connectivity index (χ3v) is 6.07. The molecule has 1 unspecified atom stereocenters. The Morgan fingerprint density at radius 3 is 2.48 bits per heavy atom. The van der Waals surface area contributed by atoms with Gasteiger partial charge in [0.2, 0.25) is 0 Å². The zero-order valence-electron chi connectivity index (χ0n) is 13.5. The van der Waals surface area contributed by atoms with Crippen molar-refractivity contribution >= 4 is 15.8 Å². The van der Waals surface area contributed by atoms with Crippen molar-refractivity contribution in [3.8, 4) is 0 Å². The van der Waals surface area contributed by atoms with Gasteiger partial charge in [-0.25, -0.2) is 8.42 Å². The maximum Gasteiger partial charge on any atom is 0.318 e. The van der Waals surface area contributed by atoms with E-state index in [0.29, 0.717) is 12.5 Å². The third kappa shape index (κ3) is 5.62. The Morgan fingerprint density at radius 2 is 1.96 bits per heavy atom. The average Bonchev–Trinajstić information content (AvgIpc) is 2.44. The minimum atomic E-state index is -3.56. The molecule has 1 aliphatic rings. The number of carboxylic acid groups (broad SMARTS) is 1. The van der Waals surface area contributed by atoms with Crippen LogP contribution in [-0.4, -0.2) is 49.0 Å². The predicted molar refractivity (Wildman–Crippen MR) is 90.1 cm³/mol. The Bertz CT molecular complexity index is 611. The van der Waals surface area contributed by atoms with Crippen LogP contribution in [0, 0.1) is 5.92 Å². The number of rotatable bonds is 9. The van der Waals surface area contributed by atoms with Gasteiger partial charge in [0.1, 0.15) is 5.75 Å². The molecule has 2 rings (SSSR count). The summed E-state index contributed by atoms with van der Waals surface area (Å²) >= 11 is 0. The van der Waals surface area contributed by atoms with Crippen molar-refractivity contribution in [2.24, 2.45) is 5.92 Å². The number of hydrogen-bond donors (Lipinski definition) is 1. The molecular formula is C17H25NO4S. The van der Waals surface area contributed by atoms with Crippen molar-refractivity contribution in [1.82, 2.24) is 4.90 Å². The van der Waals surface area contributed by atoms with Gasteiger partial charge in [0, 0.05) is 19.1 Å². The number of hydrogen-bond acceptors (Lipinski definition) is 4. The molecule has 1 aromatic rings. The van der Waals surface area contributed by atoms with Crippen molar-refractivity contribution in [1.29, 1.82) is 0 Å². The average molecular weight is 339 g/mol. The fraction of sp³-hybridized carbons (Fsp3) is 0.588. The number of benzene rings is 1. The summed E-state index contributed by atoms with van der Waals surface area (Å²) in [5, 5.41) is 8.70. The number of carboxylic acids is 1. The van der Waals surface area contributed by atoms with Crippen LogP contribution in [0.15, 0.2) is 30.3 Å². The summed E-state index contributed by atoms with van der Waals surface area (Å²) in [7, 11) is -3.56. The summed E-state index contributed by atoms with van der Waals surface area (Å²) in [4.78, 5) is 12.8. The summed E-state index contributed by atoms with van der Waals surface area (Å²) in [6.45, 7) is 3.33. The van der Waals surface area contributed by atoms with E-state index in [1.54, 1.807) is 0 Å². The quantitative estimate of drug-likeness (QED) is 0.747. The van der Waals surface area contributed by atoms with E-state index in [9.17, 15) is 13.2 Å². The van der Waals surface area contributed by atoms with Gasteiger partial charge in [-0.3, -0.25) is 9.69 Å². The van der Waals surface area contributed by atoms with Crippen LogP contribution in [-0.2, 0) is 14.6 Å². The number of sulfone groups is 1. The summed E-state index contributed by atoms with van der Waals surface area (Å²) in [6, 6.07) is 10.1. The van der Waals surface area contributed by atoms with Crippen LogP contribution in [0.1, 0.15) is 37.8 Å². The van der Waals surface area contributed by atoms with Crippen molar-refractivity contribution in [2.75, 3.05) is 24.6 Å². The first-order valence-corrected chi connectivity index (χ1v) is 9.91. The topological polar surface area (TPSA) is 74.7 Å². The highest BCUT2D eigenvalue weighted by Crippen LogP contribution is 2.30. The summed E-state index contributed by atoms with van der Waals surface area (Å²) in [5.41, 5.74) is 1.16. The first-order valence-electron chi connectivity index (χ1n) is 8.08. The Labute approximate surface area is 138 Å². The molecule has 23 heavy (non-hydrogen) atoms. The molecule has 1 saturated carbocycles. The van der Waals surface area contributed by atoms with Crippen LogP contribution >= 0.6 is 0 Å². The number of carbonyl (C=O) groups is 1. The van der Waals surface area contributed by atoms with Crippen LogP contribution < -0.4 is 0 Å². The molecule has 5 nitrogen and oxygen atoms in total. The van der Waals surface area contributed by atoms with Gasteiger partial charge in [-0.05, 0) is 31.2 Å². The first-order chi connectivity index (χ1) is 10.9. The molecule has 0 radical (unpaired) electrons. The SMILES string of the molecule is CC(c1ccccc1)N(CCS(=O)(=O)CC(=O)O)CC1CCC1. The second kappa shape index (κ2) is 7.93. The minimum absolute atomic E-state index is 0.108. The van der Waals surface area contributed by atoms with E-state index < -0.39 is 21.6 Å². The molecule has 1 aromatic carbocycles. The zero-order chi connectivity index (χ0) is 16.9. The van der Waals surface area contributed by atoms with E-state index >= 15 is 0 Å². The highest BCUT2D eigenvalue weighted by Gasteiger charge is 2.26. The van der Waals surface area contributed by atoms with Crippen LogP contribution in [0.2, 0.25) is 0 Å². The van der Waals surface area contributed by atoms with Crippen LogP contribution in [0.5, 0.6) is 0 Å². The minimum Gasteiger partial charge on any atom is -0.480 e. The molecular weight excluding hydrogens is 314 g/mol. The molecule has 1 N–H and O–H groups in total. The molecule has 0 heterocycles. The van der Waals surface area contributed by atoms with Crippen molar-refractivity contribution in [3.05, 3.63) is 35.9 Å². The van der Waals surface area contributed by atoms with Crippen LogP contribution in [0.4, 0.5) is 0 Å². The van der Waals surface area contributed by atoms with Crippen molar-refractivity contribution in [3.63, 3.8) is 0 Å². The summed E-state index contributed by atoms with van der Waals surface area (Å²) in [5.74, 6) is -1.55. The molecule has 0 saturated heterocycles. The molecule has 128 valence electrons. The van der Waals surface area contributed by atoms with Gasteiger partial charge < -0.3 is 5.11 Å². The van der Waals surface area contributed by atoms with Gasteiger partial charge in [0.15, 0.2) is 9.84 Å². The van der Waals surface area contributed by atoms with E-state index in [4.69, 9.17) is 5.11 Å².